The van der Waals surface area contributed by atoms with Crippen LogP contribution in [-0.2, 0) is 4.94 Å². The SMILES string of the molecule is CN([O-])ON([O-])O. The van der Waals surface area contributed by atoms with E-state index in [1.165, 1.54) is 0 Å². The van der Waals surface area contributed by atoms with E-state index in [-0.39, 0.29) is 5.23 Å². The maximum atomic E-state index is 9.55. The van der Waals surface area contributed by atoms with Crippen molar-refractivity contribution in [1.29, 1.82) is 0 Å². The van der Waals surface area contributed by atoms with E-state index in [0.29, 0.717) is 0 Å². The summed E-state index contributed by atoms with van der Waals surface area (Å²) in [6, 6.07) is 0. The number of hydroxylamine groups is 2. The molecule has 0 aliphatic rings. The van der Waals surface area contributed by atoms with Gasteiger partial charge in [0.15, 0.2) is 0 Å². The van der Waals surface area contributed by atoms with Crippen molar-refractivity contribution in [3.05, 3.63) is 10.4 Å². The van der Waals surface area contributed by atoms with E-state index in [1.807, 2.05) is 0 Å². The van der Waals surface area contributed by atoms with Gasteiger partial charge in [-0.05, 0) is 0 Å². The summed E-state index contributed by atoms with van der Waals surface area (Å²) in [5, 5.41) is 25.2. The van der Waals surface area contributed by atoms with Crippen LogP contribution in [0.3, 0.4) is 0 Å². The molecular formula is CH4N2O4-2. The van der Waals surface area contributed by atoms with E-state index in [9.17, 15) is 10.4 Å². The summed E-state index contributed by atoms with van der Waals surface area (Å²) in [6.45, 7) is 0. The van der Waals surface area contributed by atoms with Crippen LogP contribution in [0.1, 0.15) is 0 Å². The molecule has 0 aliphatic heterocycles. The van der Waals surface area contributed by atoms with Gasteiger partial charge < -0.3 is 10.4 Å². The first-order valence-electron chi connectivity index (χ1n) is 1.38. The van der Waals surface area contributed by atoms with Gasteiger partial charge in [-0.15, -0.1) is 5.39 Å². The number of hydrogen-bond acceptors (Lipinski definition) is 6. The van der Waals surface area contributed by atoms with Crippen LogP contribution in [0.25, 0.3) is 0 Å². The maximum absolute atomic E-state index is 9.55. The first kappa shape index (κ1) is 6.76. The lowest BCUT2D eigenvalue weighted by atomic mass is 11.5. The Kier molecular flexibility index (Phi) is 2.76. The molecule has 0 heterocycles. The van der Waals surface area contributed by atoms with Crippen LogP contribution in [0, 0.1) is 10.4 Å². The largest absolute Gasteiger partial charge is 0.761 e. The van der Waals surface area contributed by atoms with Gasteiger partial charge in [-0.25, -0.2) is 10.2 Å². The average Bonchev–Trinajstić information content (AvgIpc) is 1.27. The van der Waals surface area contributed by atoms with Crippen LogP contribution in [0.2, 0.25) is 0 Å². The van der Waals surface area contributed by atoms with Gasteiger partial charge in [-0.3, -0.25) is 5.21 Å². The van der Waals surface area contributed by atoms with Gasteiger partial charge in [0.1, 0.15) is 0 Å². The van der Waals surface area contributed by atoms with E-state index in [1.54, 1.807) is 0 Å². The Morgan fingerprint density at radius 1 is 1.57 bits per heavy atom. The van der Waals surface area contributed by atoms with E-state index in [0.717, 1.165) is 7.05 Å². The zero-order chi connectivity index (χ0) is 5.86. The van der Waals surface area contributed by atoms with E-state index in [2.05, 4.69) is 4.94 Å². The van der Waals surface area contributed by atoms with Crippen LogP contribution < -0.4 is 0 Å². The van der Waals surface area contributed by atoms with Crippen molar-refractivity contribution < 1.29 is 10.1 Å². The molecule has 0 atom stereocenters. The summed E-state index contributed by atoms with van der Waals surface area (Å²) in [5.74, 6) is 0. The standard InChI is InChI=1S/CH4N2O4/c1-2(4)7-3(5)6/h5H,1H3/q-2. The topological polar surface area (TPSA) is 82.1 Å². The highest BCUT2D eigenvalue weighted by molar-refractivity contribution is 4.21. The molecule has 0 radical (unpaired) electrons. The Labute approximate surface area is 39.5 Å². The van der Waals surface area contributed by atoms with Gasteiger partial charge in [-0.2, -0.15) is 0 Å². The minimum absolute atomic E-state index is 0.188. The monoisotopic (exact) mass is 108 g/mol. The van der Waals surface area contributed by atoms with Gasteiger partial charge in [0.25, 0.3) is 0 Å². The molecule has 0 fully saturated rings. The Morgan fingerprint density at radius 3 is 2.00 bits per heavy atom. The molecule has 0 aliphatic carbocycles. The van der Waals surface area contributed by atoms with Crippen LogP contribution >= 0.6 is 0 Å². The van der Waals surface area contributed by atoms with E-state index in [4.69, 9.17) is 5.21 Å². The molecule has 7 heavy (non-hydrogen) atoms. The molecule has 0 aromatic carbocycles. The number of hydrogen-bond donors (Lipinski definition) is 1. The molecular weight excluding hydrogens is 104 g/mol. The molecule has 0 saturated carbocycles. The zero-order valence-corrected chi connectivity index (χ0v) is 3.57. The predicted octanol–water partition coefficient (Wildman–Crippen LogP) is -0.548. The maximum Gasteiger partial charge on any atom is 0.00112 e. The van der Waals surface area contributed by atoms with Crippen molar-refractivity contribution in [2.24, 2.45) is 0 Å². The fourth-order valence-electron chi connectivity index (χ4n) is 0.0984. The van der Waals surface area contributed by atoms with Gasteiger partial charge in [0.2, 0.25) is 0 Å². The van der Waals surface area contributed by atoms with Gasteiger partial charge in [0.05, 0.1) is 0 Å². The molecule has 0 aromatic heterocycles. The summed E-state index contributed by atoms with van der Waals surface area (Å²) in [4.78, 5) is 3.36. The lowest BCUT2D eigenvalue weighted by Gasteiger charge is -2.27. The van der Waals surface area contributed by atoms with Crippen molar-refractivity contribution in [3.63, 3.8) is 0 Å². The van der Waals surface area contributed by atoms with Crippen LogP contribution in [-0.4, -0.2) is 22.9 Å². The molecule has 0 saturated heterocycles. The third kappa shape index (κ3) is 5.76. The minimum Gasteiger partial charge on any atom is -0.761 e. The lowest BCUT2D eigenvalue weighted by molar-refractivity contribution is -0.393. The average molecular weight is 108 g/mol. The molecule has 0 spiro atoms. The normalized spacial score (nSPS) is 11.1. The second kappa shape index (κ2) is 2.86. The molecule has 0 unspecified atom stereocenters. The van der Waals surface area contributed by atoms with Gasteiger partial charge in [0, 0.05) is 7.05 Å². The van der Waals surface area contributed by atoms with Crippen LogP contribution in [0.4, 0.5) is 0 Å². The Morgan fingerprint density at radius 2 is 2.00 bits per heavy atom. The van der Waals surface area contributed by atoms with Crippen molar-refractivity contribution in [2.45, 2.75) is 0 Å². The second-order valence-electron chi connectivity index (χ2n) is 0.759. The summed E-state index contributed by atoms with van der Waals surface area (Å²) < 4.78 is 0. The summed E-state index contributed by atoms with van der Waals surface area (Å²) in [5.41, 5.74) is 0. The first-order valence-corrected chi connectivity index (χ1v) is 1.38. The van der Waals surface area contributed by atoms with Crippen molar-refractivity contribution in [1.82, 2.24) is 10.6 Å². The minimum atomic E-state index is -0.938. The highest BCUT2D eigenvalue weighted by Crippen LogP contribution is 1.81. The highest BCUT2D eigenvalue weighted by atomic mass is 17.2. The molecule has 0 rings (SSSR count). The number of nitrogens with zero attached hydrogens (tertiary/aromatic N) is 2. The molecule has 1 N–H and O–H groups in total. The zero-order valence-electron chi connectivity index (χ0n) is 3.57. The highest BCUT2D eigenvalue weighted by Gasteiger charge is 1.76. The molecule has 0 aromatic rings. The van der Waals surface area contributed by atoms with Gasteiger partial charge in [-0.1, -0.05) is 0 Å². The second-order valence-corrected chi connectivity index (χ2v) is 0.759. The fourth-order valence-corrected chi connectivity index (χ4v) is 0.0984. The first-order chi connectivity index (χ1) is 3.13. The Hall–Kier alpha value is -0.240. The molecule has 6 heteroatoms. The Balaban J connectivity index is 2.95. The molecule has 0 amide bonds. The van der Waals surface area contributed by atoms with Crippen LogP contribution in [0.15, 0.2) is 0 Å². The quantitative estimate of drug-likeness (QED) is 0.478. The smallest absolute Gasteiger partial charge is 0.00112 e. The molecule has 6 nitrogen and oxygen atoms in total. The summed E-state index contributed by atoms with van der Waals surface area (Å²) >= 11 is 0. The van der Waals surface area contributed by atoms with E-state index < -0.39 is 5.39 Å². The predicted molar refractivity (Wildman–Crippen MR) is 19.2 cm³/mol. The third-order valence-corrected chi connectivity index (χ3v) is 0.185. The van der Waals surface area contributed by atoms with Crippen molar-refractivity contribution in [3.8, 4) is 0 Å². The molecule has 0 bridgehead atoms. The lowest BCUT2D eigenvalue weighted by Crippen LogP contribution is -2.21. The molecule has 44 valence electrons. The van der Waals surface area contributed by atoms with Gasteiger partial charge >= 0.3 is 0 Å². The van der Waals surface area contributed by atoms with Crippen LogP contribution in [0.5, 0.6) is 0 Å². The van der Waals surface area contributed by atoms with Crippen molar-refractivity contribution >= 4 is 0 Å². The summed E-state index contributed by atoms with van der Waals surface area (Å²) in [6.07, 6.45) is 0. The summed E-state index contributed by atoms with van der Waals surface area (Å²) in [7, 11) is 0.918. The van der Waals surface area contributed by atoms with Crippen molar-refractivity contribution in [2.75, 3.05) is 7.05 Å². The number of rotatable bonds is 2. The fraction of sp³-hybridized carbons (Fsp3) is 1.00. The van der Waals surface area contributed by atoms with E-state index >= 15 is 0 Å². The third-order valence-electron chi connectivity index (χ3n) is 0.185. The Bertz CT molecular complexity index is 39.0.